The number of hydrogen-bond donors (Lipinski definition) is 9. The summed E-state index contributed by atoms with van der Waals surface area (Å²) in [5, 5.41) is 95.0. The minimum atomic E-state index is -1.66. The first-order valence-electron chi connectivity index (χ1n) is 20.9. The molecule has 7 aliphatic rings. The van der Waals surface area contributed by atoms with Crippen LogP contribution in [0.3, 0.4) is 0 Å². The molecule has 0 radical (unpaired) electrons. The molecule has 0 aromatic heterocycles. The molecule has 0 aromatic rings. The quantitative estimate of drug-likeness (QED) is 0.132. The summed E-state index contributed by atoms with van der Waals surface area (Å²) in [4.78, 5) is 13.8. The van der Waals surface area contributed by atoms with E-state index >= 15 is 0 Å². The molecule has 2 aliphatic heterocycles. The lowest BCUT2D eigenvalue weighted by Gasteiger charge is -2.72. The number of hydrogen-bond acceptors (Lipinski definition) is 13. The maximum Gasteiger partial charge on any atom is 0.312 e. The van der Waals surface area contributed by atoms with Gasteiger partial charge >= 0.3 is 5.97 Å². The zero-order valence-corrected chi connectivity index (χ0v) is 34.1. The Morgan fingerprint density at radius 2 is 1.25 bits per heavy atom. The lowest BCUT2D eigenvalue weighted by molar-refractivity contribution is -0.334. The molecule has 320 valence electrons. The molecule has 4 saturated carbocycles. The molecule has 5 aliphatic carbocycles. The van der Waals surface area contributed by atoms with Gasteiger partial charge in [0.1, 0.15) is 54.2 Å². The zero-order valence-electron chi connectivity index (χ0n) is 34.1. The molecule has 14 heteroatoms. The van der Waals surface area contributed by atoms with Gasteiger partial charge in [0.2, 0.25) is 0 Å². The third-order valence-electron chi connectivity index (χ3n) is 17.3. The van der Waals surface area contributed by atoms with Crippen LogP contribution in [0.2, 0.25) is 0 Å². The molecule has 0 aromatic carbocycles. The number of aliphatic hydroxyl groups is 8. The Kier molecular flexibility index (Phi) is 11.0. The fourth-order valence-electron chi connectivity index (χ4n) is 13.8. The predicted molar refractivity (Wildman–Crippen MR) is 199 cm³/mol. The highest BCUT2D eigenvalue weighted by molar-refractivity contribution is 5.77. The van der Waals surface area contributed by atoms with E-state index in [1.165, 1.54) is 5.57 Å². The number of aliphatic carboxylic acids is 1. The number of ether oxygens (including phenoxy) is 4. The molecule has 0 spiro atoms. The number of allylic oxidation sites excluding steroid dienone is 2. The topological polar surface area (TPSA) is 236 Å². The molecular formula is C42H68O14. The van der Waals surface area contributed by atoms with Gasteiger partial charge in [0.05, 0.1) is 25.4 Å². The van der Waals surface area contributed by atoms with Gasteiger partial charge in [0.15, 0.2) is 12.6 Å². The van der Waals surface area contributed by atoms with Crippen molar-refractivity contribution < 1.29 is 69.7 Å². The van der Waals surface area contributed by atoms with Crippen molar-refractivity contribution in [2.24, 2.45) is 50.2 Å². The van der Waals surface area contributed by atoms with Gasteiger partial charge in [-0.2, -0.15) is 0 Å². The van der Waals surface area contributed by atoms with Crippen LogP contribution in [-0.2, 0) is 23.7 Å². The molecule has 9 N–H and O–H groups in total. The van der Waals surface area contributed by atoms with Crippen molar-refractivity contribution >= 4 is 5.97 Å². The SMILES string of the molecule is CC1(C)CC[C@]2(C(=O)O)[C@H](O[C@@H]3O[C@H](CO)[C@@H](O)[C@H](O)[C@H]3O)C[C@]3(C)C(=CC[C@@H]4[C@@]5(C)CC[C@H](O[C@@H]6O[C@H](CO)[C@@H](O)[C@H](O)[C@H]6O)C(C)(C)[C@@H]5CC[C@]43C)[C@@H]2C1. The van der Waals surface area contributed by atoms with E-state index in [-0.39, 0.29) is 40.1 Å². The number of rotatable bonds is 7. The molecule has 14 nitrogen and oxygen atoms in total. The molecule has 6 fully saturated rings. The lowest BCUT2D eigenvalue weighted by Crippen LogP contribution is -2.69. The first kappa shape index (κ1) is 42.8. The summed E-state index contributed by atoms with van der Waals surface area (Å²) in [5.41, 5.74) is -1.68. The highest BCUT2D eigenvalue weighted by Gasteiger charge is 2.72. The van der Waals surface area contributed by atoms with E-state index in [1.807, 2.05) is 0 Å². The van der Waals surface area contributed by atoms with Crippen molar-refractivity contribution in [3.05, 3.63) is 11.6 Å². The Hall–Kier alpha value is -1.27. The molecule has 0 unspecified atom stereocenters. The normalized spacial score (nSPS) is 53.8. The fraction of sp³-hybridized carbons (Fsp3) is 0.929. The maximum atomic E-state index is 13.8. The highest BCUT2D eigenvalue weighted by Crippen LogP contribution is 2.76. The van der Waals surface area contributed by atoms with Crippen LogP contribution < -0.4 is 0 Å². The summed E-state index contributed by atoms with van der Waals surface area (Å²) in [7, 11) is 0. The highest BCUT2D eigenvalue weighted by atomic mass is 16.7. The van der Waals surface area contributed by atoms with Gasteiger partial charge in [-0.1, -0.05) is 60.1 Å². The summed E-state index contributed by atoms with van der Waals surface area (Å²) in [5.74, 6) is -0.943. The Labute approximate surface area is 330 Å². The Bertz CT molecular complexity index is 1520. The predicted octanol–water partition coefficient (Wildman–Crippen LogP) is 1.85. The summed E-state index contributed by atoms with van der Waals surface area (Å²) in [6.45, 7) is 14.6. The first-order chi connectivity index (χ1) is 26.0. The van der Waals surface area contributed by atoms with Crippen LogP contribution in [0.15, 0.2) is 11.6 Å². The van der Waals surface area contributed by atoms with E-state index in [0.29, 0.717) is 32.1 Å². The van der Waals surface area contributed by atoms with Gasteiger partial charge < -0.3 is 64.9 Å². The molecular weight excluding hydrogens is 728 g/mol. The van der Waals surface area contributed by atoms with Gasteiger partial charge in [0.25, 0.3) is 0 Å². The zero-order chi connectivity index (χ0) is 41.1. The Morgan fingerprint density at radius 1 is 0.696 bits per heavy atom. The molecule has 0 amide bonds. The molecule has 19 atom stereocenters. The second-order valence-electron chi connectivity index (χ2n) is 20.8. The Morgan fingerprint density at radius 3 is 1.79 bits per heavy atom. The Balaban J connectivity index is 1.23. The summed E-state index contributed by atoms with van der Waals surface area (Å²) in [6, 6.07) is 0. The van der Waals surface area contributed by atoms with Gasteiger partial charge in [-0.15, -0.1) is 0 Å². The largest absolute Gasteiger partial charge is 0.481 e. The van der Waals surface area contributed by atoms with E-state index < -0.39 is 103 Å². The summed E-state index contributed by atoms with van der Waals surface area (Å²) in [6.07, 6.45) is -7.27. The molecule has 7 rings (SSSR count). The monoisotopic (exact) mass is 796 g/mol. The molecule has 2 saturated heterocycles. The van der Waals surface area contributed by atoms with E-state index in [0.717, 1.165) is 25.7 Å². The lowest BCUT2D eigenvalue weighted by atomic mass is 9.33. The summed E-state index contributed by atoms with van der Waals surface area (Å²) >= 11 is 0. The number of aliphatic hydroxyl groups excluding tert-OH is 8. The van der Waals surface area contributed by atoms with E-state index in [1.54, 1.807) is 0 Å². The molecule has 0 bridgehead atoms. The van der Waals surface area contributed by atoms with Crippen LogP contribution in [0.5, 0.6) is 0 Å². The average molecular weight is 797 g/mol. The number of carboxylic acid groups (broad SMARTS) is 1. The minimum absolute atomic E-state index is 0.138. The van der Waals surface area contributed by atoms with Crippen molar-refractivity contribution in [3.8, 4) is 0 Å². The number of carboxylic acids is 1. The van der Waals surface area contributed by atoms with Crippen molar-refractivity contribution in [2.45, 2.75) is 180 Å². The van der Waals surface area contributed by atoms with Crippen LogP contribution in [0.25, 0.3) is 0 Å². The molecule has 2 heterocycles. The average Bonchev–Trinajstić information content (AvgIpc) is 3.12. The standard InChI is InChI=1S/C42H68O14/c1-37(2)14-15-42(36(51)52)21(16-37)20-8-9-25-39(5)12-11-26(55-34-32(49)30(47)28(45)22(18-43)53-34)38(3,4)24(39)10-13-40(25,6)41(20,7)17-27(42)56-35-33(50)31(48)29(46)23(19-44)54-35/h8,21-35,43-50H,9-19H2,1-7H3,(H,51,52)/t21-,22+,23+,24-,25+,26-,27+,28+,29+,30-,31-,32+,33+,34-,35-,39-,40+,41+,42+/m0/s1. The first-order valence-corrected chi connectivity index (χ1v) is 20.9. The van der Waals surface area contributed by atoms with Crippen molar-refractivity contribution in [2.75, 3.05) is 13.2 Å². The van der Waals surface area contributed by atoms with E-state index in [9.17, 15) is 50.8 Å². The second kappa shape index (κ2) is 14.4. The van der Waals surface area contributed by atoms with Crippen LogP contribution >= 0.6 is 0 Å². The van der Waals surface area contributed by atoms with Crippen LogP contribution in [0, 0.1) is 50.2 Å². The van der Waals surface area contributed by atoms with Crippen molar-refractivity contribution in [3.63, 3.8) is 0 Å². The van der Waals surface area contributed by atoms with Crippen LogP contribution in [0.4, 0.5) is 0 Å². The van der Waals surface area contributed by atoms with Crippen LogP contribution in [-0.4, -0.2) is 139 Å². The van der Waals surface area contributed by atoms with Gasteiger partial charge in [0, 0.05) is 0 Å². The minimum Gasteiger partial charge on any atom is -0.481 e. The fourth-order valence-corrected chi connectivity index (χ4v) is 13.8. The van der Waals surface area contributed by atoms with Crippen LogP contribution in [0.1, 0.15) is 106 Å². The van der Waals surface area contributed by atoms with Gasteiger partial charge in [-0.3, -0.25) is 4.79 Å². The number of carbonyl (C=O) groups is 1. The van der Waals surface area contributed by atoms with Gasteiger partial charge in [-0.05, 0) is 103 Å². The van der Waals surface area contributed by atoms with E-state index in [4.69, 9.17) is 18.9 Å². The third kappa shape index (κ3) is 6.13. The second-order valence-corrected chi connectivity index (χ2v) is 20.8. The third-order valence-corrected chi connectivity index (χ3v) is 17.3. The number of fused-ring (bicyclic) bond motifs is 7. The maximum absolute atomic E-state index is 13.8. The van der Waals surface area contributed by atoms with Crippen molar-refractivity contribution in [1.82, 2.24) is 0 Å². The summed E-state index contributed by atoms with van der Waals surface area (Å²) < 4.78 is 24.8. The van der Waals surface area contributed by atoms with Gasteiger partial charge in [-0.25, -0.2) is 0 Å². The molecule has 56 heavy (non-hydrogen) atoms. The van der Waals surface area contributed by atoms with E-state index in [2.05, 4.69) is 54.5 Å². The smallest absolute Gasteiger partial charge is 0.312 e. The van der Waals surface area contributed by atoms with Crippen molar-refractivity contribution in [1.29, 1.82) is 0 Å².